The molecular weight excluding hydrogens is 463 g/mol. The third-order valence-electron chi connectivity index (χ3n) is 6.63. The Morgan fingerprint density at radius 2 is 1.65 bits per heavy atom. The maximum absolute atomic E-state index is 14.0. The van der Waals surface area contributed by atoms with Crippen LogP contribution in [0.1, 0.15) is 19.8 Å². The monoisotopic (exact) mass is 496 g/mol. The van der Waals surface area contributed by atoms with Gasteiger partial charge in [-0.25, -0.2) is 8.42 Å². The number of methoxy groups -OCH3 is 1. The van der Waals surface area contributed by atoms with Gasteiger partial charge in [0.2, 0.25) is 0 Å². The van der Waals surface area contributed by atoms with E-state index >= 15 is 0 Å². The van der Waals surface area contributed by atoms with Crippen molar-refractivity contribution < 1.29 is 13.2 Å². The van der Waals surface area contributed by atoms with Crippen LogP contribution < -0.4 is 14.3 Å². The van der Waals surface area contributed by atoms with E-state index in [1.807, 2.05) is 48.5 Å². The molecule has 1 atom stereocenters. The molecule has 0 amide bonds. The molecule has 7 heteroatoms. The molecule has 0 N–H and O–H groups in total. The van der Waals surface area contributed by atoms with Crippen molar-refractivity contribution in [1.82, 2.24) is 4.90 Å². The van der Waals surface area contributed by atoms with E-state index in [0.29, 0.717) is 28.8 Å². The number of sulfonamides is 1. The van der Waals surface area contributed by atoms with Crippen LogP contribution in [0.5, 0.6) is 5.75 Å². The van der Waals surface area contributed by atoms with Gasteiger partial charge in [-0.3, -0.25) is 4.31 Å². The van der Waals surface area contributed by atoms with Crippen molar-refractivity contribution in [2.24, 2.45) is 5.92 Å². The zero-order valence-electron chi connectivity index (χ0n) is 19.9. The van der Waals surface area contributed by atoms with Crippen molar-refractivity contribution in [3.8, 4) is 16.9 Å². The fraction of sp³-hybridized carbons (Fsp3) is 0.333. The molecule has 0 bridgehead atoms. The lowest BCUT2D eigenvalue weighted by Gasteiger charge is -2.35. The highest BCUT2D eigenvalue weighted by molar-refractivity contribution is 7.92. The second-order valence-corrected chi connectivity index (χ2v) is 11.2. The van der Waals surface area contributed by atoms with E-state index < -0.39 is 10.0 Å². The van der Waals surface area contributed by atoms with E-state index in [1.165, 1.54) is 0 Å². The topological polar surface area (TPSA) is 49.9 Å². The molecule has 5 nitrogen and oxygen atoms in total. The van der Waals surface area contributed by atoms with Crippen LogP contribution in [0.3, 0.4) is 0 Å². The summed E-state index contributed by atoms with van der Waals surface area (Å²) in [7, 11) is 0.631. The first-order valence-electron chi connectivity index (χ1n) is 11.8. The molecule has 0 saturated carbocycles. The van der Waals surface area contributed by atoms with E-state index in [9.17, 15) is 8.42 Å². The smallest absolute Gasteiger partial charge is 0.264 e. The SMILES string of the molecule is CCN1CCC(CN(c2ccc(OC)cc2-c2ccccc2P)S(=O)(=O)c2ccccc2)CC1. The van der Waals surface area contributed by atoms with E-state index in [2.05, 4.69) is 21.1 Å². The van der Waals surface area contributed by atoms with Gasteiger partial charge in [-0.05, 0) is 79.6 Å². The Bertz CT molecular complexity index is 1210. The molecule has 3 aromatic rings. The van der Waals surface area contributed by atoms with Crippen LogP contribution in [0.25, 0.3) is 11.1 Å². The first-order chi connectivity index (χ1) is 16.4. The van der Waals surface area contributed by atoms with E-state index in [4.69, 9.17) is 4.74 Å². The third kappa shape index (κ3) is 5.30. The number of nitrogens with zero attached hydrogens (tertiary/aromatic N) is 2. The average molecular weight is 497 g/mol. The van der Waals surface area contributed by atoms with Crippen molar-refractivity contribution >= 4 is 30.3 Å². The maximum atomic E-state index is 14.0. The Kier molecular flexibility index (Phi) is 7.92. The number of hydrogen-bond acceptors (Lipinski definition) is 4. The van der Waals surface area contributed by atoms with Crippen molar-refractivity contribution in [2.75, 3.05) is 37.6 Å². The summed E-state index contributed by atoms with van der Waals surface area (Å²) in [6, 6.07) is 22.4. The molecule has 1 heterocycles. The first kappa shape index (κ1) is 24.7. The molecule has 1 saturated heterocycles. The Morgan fingerprint density at radius 3 is 2.29 bits per heavy atom. The minimum atomic E-state index is -3.76. The molecule has 0 radical (unpaired) electrons. The normalized spacial score (nSPS) is 15.3. The molecule has 4 rings (SSSR count). The maximum Gasteiger partial charge on any atom is 0.264 e. The standard InChI is InChI=1S/C27H33N2O3PS/c1-3-28-17-15-21(16-18-28)20-29(34(30,31)23-9-5-4-6-10-23)26-14-13-22(32-2)19-25(26)24-11-7-8-12-27(24)33/h4-14,19,21H,3,15-18,20,33H2,1-2H3. The summed E-state index contributed by atoms with van der Waals surface area (Å²) in [5.41, 5.74) is 2.49. The summed E-state index contributed by atoms with van der Waals surface area (Å²) in [6.07, 6.45) is 1.97. The number of rotatable bonds is 8. The van der Waals surface area contributed by atoms with E-state index in [1.54, 1.807) is 35.7 Å². The van der Waals surface area contributed by atoms with Crippen LogP contribution in [0.4, 0.5) is 5.69 Å². The van der Waals surface area contributed by atoms with Crippen LogP contribution in [0.2, 0.25) is 0 Å². The van der Waals surface area contributed by atoms with Gasteiger partial charge in [-0.1, -0.05) is 49.4 Å². The van der Waals surface area contributed by atoms with Gasteiger partial charge < -0.3 is 9.64 Å². The molecule has 0 spiro atoms. The van der Waals surface area contributed by atoms with Gasteiger partial charge >= 0.3 is 0 Å². The van der Waals surface area contributed by atoms with Gasteiger partial charge in [0.05, 0.1) is 17.7 Å². The number of anilines is 1. The Morgan fingerprint density at radius 1 is 0.971 bits per heavy atom. The highest BCUT2D eigenvalue weighted by Gasteiger charge is 2.31. The van der Waals surface area contributed by atoms with Crippen LogP contribution in [0, 0.1) is 5.92 Å². The van der Waals surface area contributed by atoms with Crippen molar-refractivity contribution in [3.05, 3.63) is 72.8 Å². The number of likely N-dealkylation sites (tertiary alicyclic amines) is 1. The van der Waals surface area contributed by atoms with Crippen molar-refractivity contribution in [1.29, 1.82) is 0 Å². The highest BCUT2D eigenvalue weighted by Crippen LogP contribution is 2.38. The van der Waals surface area contributed by atoms with Crippen LogP contribution in [0.15, 0.2) is 77.7 Å². The van der Waals surface area contributed by atoms with Crippen LogP contribution >= 0.6 is 9.24 Å². The van der Waals surface area contributed by atoms with Crippen LogP contribution in [-0.4, -0.2) is 46.6 Å². The molecule has 0 aliphatic carbocycles. The van der Waals surface area contributed by atoms with Crippen molar-refractivity contribution in [3.63, 3.8) is 0 Å². The third-order valence-corrected chi connectivity index (χ3v) is 8.93. The Hall–Kier alpha value is -2.40. The molecule has 34 heavy (non-hydrogen) atoms. The first-order valence-corrected chi connectivity index (χ1v) is 13.8. The quantitative estimate of drug-likeness (QED) is 0.421. The summed E-state index contributed by atoms with van der Waals surface area (Å²) in [6.45, 7) is 5.67. The average Bonchev–Trinajstić information content (AvgIpc) is 2.88. The van der Waals surface area contributed by atoms with Gasteiger partial charge in [-0.15, -0.1) is 9.24 Å². The number of ether oxygens (including phenoxy) is 1. The second kappa shape index (κ2) is 10.9. The van der Waals surface area contributed by atoms with Crippen LogP contribution in [-0.2, 0) is 10.0 Å². The second-order valence-electron chi connectivity index (χ2n) is 8.70. The lowest BCUT2D eigenvalue weighted by atomic mass is 9.96. The molecule has 180 valence electrons. The molecule has 1 aliphatic heterocycles. The minimum absolute atomic E-state index is 0.294. The lowest BCUT2D eigenvalue weighted by Crippen LogP contribution is -2.41. The van der Waals surface area contributed by atoms with Gasteiger partial charge in [0, 0.05) is 12.1 Å². The van der Waals surface area contributed by atoms with Gasteiger partial charge in [0.15, 0.2) is 0 Å². The Balaban J connectivity index is 1.83. The molecule has 1 aliphatic rings. The van der Waals surface area contributed by atoms with Gasteiger partial charge in [0.1, 0.15) is 5.75 Å². The molecule has 1 unspecified atom stereocenters. The zero-order valence-corrected chi connectivity index (χ0v) is 21.8. The van der Waals surface area contributed by atoms with Gasteiger partial charge in [-0.2, -0.15) is 0 Å². The zero-order chi connectivity index (χ0) is 24.1. The number of hydrogen-bond donors (Lipinski definition) is 0. The summed E-state index contributed by atoms with van der Waals surface area (Å²) in [4.78, 5) is 2.73. The lowest BCUT2D eigenvalue weighted by molar-refractivity contribution is 0.196. The number of piperidine rings is 1. The Labute approximate surface area is 206 Å². The van der Waals surface area contributed by atoms with E-state index in [0.717, 1.165) is 48.9 Å². The van der Waals surface area contributed by atoms with Crippen molar-refractivity contribution in [2.45, 2.75) is 24.7 Å². The van der Waals surface area contributed by atoms with E-state index in [-0.39, 0.29) is 0 Å². The summed E-state index contributed by atoms with van der Waals surface area (Å²) >= 11 is 0. The summed E-state index contributed by atoms with van der Waals surface area (Å²) in [5.74, 6) is 0.989. The fourth-order valence-electron chi connectivity index (χ4n) is 4.58. The molecule has 3 aromatic carbocycles. The molecular formula is C27H33N2O3PS. The minimum Gasteiger partial charge on any atom is -0.497 e. The van der Waals surface area contributed by atoms with Gasteiger partial charge in [0.25, 0.3) is 10.0 Å². The largest absolute Gasteiger partial charge is 0.497 e. The predicted octanol–water partition coefficient (Wildman–Crippen LogP) is 4.79. The molecule has 1 fully saturated rings. The summed E-state index contributed by atoms with van der Waals surface area (Å²) in [5, 5.41) is 1.00. The summed E-state index contributed by atoms with van der Waals surface area (Å²) < 4.78 is 35.2. The highest BCUT2D eigenvalue weighted by atomic mass is 32.2. The predicted molar refractivity (Wildman–Crippen MR) is 144 cm³/mol. The molecule has 0 aromatic heterocycles. The fourth-order valence-corrected chi connectivity index (χ4v) is 6.53. The number of benzene rings is 3.